The monoisotopic (exact) mass is 337 g/mol. The van der Waals surface area contributed by atoms with Gasteiger partial charge in [0.15, 0.2) is 0 Å². The molecule has 6 nitrogen and oxygen atoms in total. The highest BCUT2D eigenvalue weighted by atomic mass is 35.5. The molecule has 2 rings (SSSR count). The number of carboxylic acids is 1. The zero-order valence-electron chi connectivity index (χ0n) is 11.0. The summed E-state index contributed by atoms with van der Waals surface area (Å²) in [5.41, 5.74) is -0.597. The van der Waals surface area contributed by atoms with Crippen LogP contribution in [-0.4, -0.2) is 38.7 Å². The third kappa shape index (κ3) is 3.34. The van der Waals surface area contributed by atoms with Crippen LogP contribution in [-0.2, 0) is 14.8 Å². The second-order valence-electron chi connectivity index (χ2n) is 4.72. The van der Waals surface area contributed by atoms with E-state index in [1.165, 1.54) is 7.11 Å². The van der Waals surface area contributed by atoms with Gasteiger partial charge in [-0.2, -0.15) is 0 Å². The Morgan fingerprint density at radius 3 is 2.62 bits per heavy atom. The molecule has 1 aromatic rings. The van der Waals surface area contributed by atoms with Crippen molar-refractivity contribution < 1.29 is 27.4 Å². The first kappa shape index (κ1) is 16.2. The van der Waals surface area contributed by atoms with Crippen molar-refractivity contribution >= 4 is 27.6 Å². The maximum Gasteiger partial charge on any atom is 0.337 e. The number of benzene rings is 1. The van der Waals surface area contributed by atoms with Crippen LogP contribution in [0.25, 0.3) is 0 Å². The Hall–Kier alpha value is -1.22. The van der Waals surface area contributed by atoms with Gasteiger partial charge in [-0.1, -0.05) is 11.6 Å². The SMILES string of the molecule is COC1CC(NS(=O)(=O)c2cc(F)c(Cl)c(C(=O)O)c2)C1. The van der Waals surface area contributed by atoms with Gasteiger partial charge in [-0.25, -0.2) is 22.3 Å². The molecular weight excluding hydrogens is 325 g/mol. The Balaban J connectivity index is 2.26. The van der Waals surface area contributed by atoms with Gasteiger partial charge in [0, 0.05) is 13.2 Å². The van der Waals surface area contributed by atoms with Gasteiger partial charge in [-0.15, -0.1) is 0 Å². The number of nitrogens with one attached hydrogen (secondary N) is 1. The van der Waals surface area contributed by atoms with Crippen molar-refractivity contribution in [1.29, 1.82) is 0 Å². The quantitative estimate of drug-likeness (QED) is 0.852. The lowest BCUT2D eigenvalue weighted by Crippen LogP contribution is -2.47. The van der Waals surface area contributed by atoms with Crippen molar-refractivity contribution in [3.8, 4) is 0 Å². The number of rotatable bonds is 5. The van der Waals surface area contributed by atoms with E-state index < -0.39 is 37.3 Å². The minimum Gasteiger partial charge on any atom is -0.478 e. The van der Waals surface area contributed by atoms with Gasteiger partial charge in [-0.3, -0.25) is 0 Å². The van der Waals surface area contributed by atoms with Crippen molar-refractivity contribution in [2.75, 3.05) is 7.11 Å². The molecule has 0 aliphatic heterocycles. The molecule has 1 aliphatic rings. The fourth-order valence-corrected chi connectivity index (χ4v) is 3.51. The first-order valence-electron chi connectivity index (χ1n) is 6.02. The molecule has 0 saturated heterocycles. The second kappa shape index (κ2) is 5.88. The third-order valence-electron chi connectivity index (χ3n) is 3.29. The normalized spacial score (nSPS) is 21.9. The van der Waals surface area contributed by atoms with Crippen molar-refractivity contribution in [2.24, 2.45) is 0 Å². The number of ether oxygens (including phenoxy) is 1. The van der Waals surface area contributed by atoms with Gasteiger partial charge < -0.3 is 9.84 Å². The zero-order valence-corrected chi connectivity index (χ0v) is 12.5. The number of aromatic carboxylic acids is 1. The summed E-state index contributed by atoms with van der Waals surface area (Å²) in [6, 6.07) is 1.22. The average Bonchev–Trinajstić information content (AvgIpc) is 2.35. The molecule has 0 heterocycles. The van der Waals surface area contributed by atoms with Crippen LogP contribution in [0.5, 0.6) is 0 Å². The van der Waals surface area contributed by atoms with Gasteiger partial charge in [0.05, 0.1) is 21.6 Å². The van der Waals surface area contributed by atoms with E-state index >= 15 is 0 Å². The van der Waals surface area contributed by atoms with Crippen molar-refractivity contribution in [3.05, 3.63) is 28.5 Å². The Labute approximate surface area is 125 Å². The van der Waals surface area contributed by atoms with Crippen LogP contribution in [0.1, 0.15) is 23.2 Å². The summed E-state index contributed by atoms with van der Waals surface area (Å²) in [5.74, 6) is -2.60. The van der Waals surface area contributed by atoms with E-state index in [4.69, 9.17) is 21.4 Å². The van der Waals surface area contributed by atoms with E-state index in [-0.39, 0.29) is 12.1 Å². The standard InChI is InChI=1S/C12H13ClFNO5S/c1-20-7-2-6(3-7)15-21(18,19)8-4-9(12(16)17)11(13)10(14)5-8/h4-7,15H,2-3H2,1H3,(H,16,17). The highest BCUT2D eigenvalue weighted by Gasteiger charge is 2.33. The first-order valence-corrected chi connectivity index (χ1v) is 7.88. The van der Waals surface area contributed by atoms with E-state index in [0.717, 1.165) is 6.07 Å². The summed E-state index contributed by atoms with van der Waals surface area (Å²) < 4.78 is 45.2. The van der Waals surface area contributed by atoms with Crippen molar-refractivity contribution in [2.45, 2.75) is 29.9 Å². The summed E-state index contributed by atoms with van der Waals surface area (Å²) >= 11 is 5.50. The van der Waals surface area contributed by atoms with E-state index in [1.807, 2.05) is 0 Å². The lowest BCUT2D eigenvalue weighted by atomic mass is 9.90. The Morgan fingerprint density at radius 2 is 2.10 bits per heavy atom. The van der Waals surface area contributed by atoms with E-state index in [0.29, 0.717) is 18.9 Å². The average molecular weight is 338 g/mol. The summed E-state index contributed by atoms with van der Waals surface area (Å²) in [6.07, 6.45) is 1.02. The number of carbonyl (C=O) groups is 1. The fraction of sp³-hybridized carbons (Fsp3) is 0.417. The molecule has 1 fully saturated rings. The highest BCUT2D eigenvalue weighted by Crippen LogP contribution is 2.27. The molecule has 0 radical (unpaired) electrons. The molecule has 0 amide bonds. The molecule has 116 valence electrons. The summed E-state index contributed by atoms with van der Waals surface area (Å²) in [4.78, 5) is 10.5. The minimum atomic E-state index is -4.01. The number of methoxy groups -OCH3 is 1. The maximum atomic E-state index is 13.6. The predicted molar refractivity (Wildman–Crippen MR) is 72.5 cm³/mol. The molecule has 0 spiro atoms. The van der Waals surface area contributed by atoms with Crippen LogP contribution in [0, 0.1) is 5.82 Å². The lowest BCUT2D eigenvalue weighted by Gasteiger charge is -2.34. The summed E-state index contributed by atoms with van der Waals surface area (Å²) in [7, 11) is -2.48. The molecule has 21 heavy (non-hydrogen) atoms. The fourth-order valence-electron chi connectivity index (χ4n) is 2.02. The lowest BCUT2D eigenvalue weighted by molar-refractivity contribution is 0.0236. The molecule has 0 unspecified atom stereocenters. The Morgan fingerprint density at radius 1 is 1.48 bits per heavy atom. The first-order chi connectivity index (χ1) is 9.74. The largest absolute Gasteiger partial charge is 0.478 e. The number of sulfonamides is 1. The third-order valence-corrected chi connectivity index (χ3v) is 5.18. The molecule has 1 saturated carbocycles. The van der Waals surface area contributed by atoms with Crippen LogP contribution in [0.4, 0.5) is 4.39 Å². The van der Waals surface area contributed by atoms with Gasteiger partial charge >= 0.3 is 5.97 Å². The van der Waals surface area contributed by atoms with Crippen molar-refractivity contribution in [1.82, 2.24) is 4.72 Å². The zero-order chi connectivity index (χ0) is 15.8. The smallest absolute Gasteiger partial charge is 0.337 e. The second-order valence-corrected chi connectivity index (χ2v) is 6.81. The van der Waals surface area contributed by atoms with Crippen LogP contribution in [0.3, 0.4) is 0 Å². The number of halogens is 2. The number of carboxylic acid groups (broad SMARTS) is 1. The van der Waals surface area contributed by atoms with Gasteiger partial charge in [0.25, 0.3) is 0 Å². The summed E-state index contributed by atoms with van der Waals surface area (Å²) in [6.45, 7) is 0. The van der Waals surface area contributed by atoms with Gasteiger partial charge in [0.2, 0.25) is 10.0 Å². The molecule has 0 atom stereocenters. The number of hydrogen-bond acceptors (Lipinski definition) is 4. The minimum absolute atomic E-state index is 0.00534. The summed E-state index contributed by atoms with van der Waals surface area (Å²) in [5, 5.41) is 8.28. The number of hydrogen-bond donors (Lipinski definition) is 2. The maximum absolute atomic E-state index is 13.6. The van der Waals surface area contributed by atoms with Gasteiger partial charge in [0.1, 0.15) is 5.82 Å². The molecule has 1 aliphatic carbocycles. The predicted octanol–water partition coefficient (Wildman–Crippen LogP) is 1.63. The molecule has 0 bridgehead atoms. The van der Waals surface area contributed by atoms with Crippen LogP contribution in [0.2, 0.25) is 5.02 Å². The molecular formula is C12H13ClFNO5S. The van der Waals surface area contributed by atoms with Crippen molar-refractivity contribution in [3.63, 3.8) is 0 Å². The molecule has 9 heteroatoms. The van der Waals surface area contributed by atoms with E-state index in [1.54, 1.807) is 0 Å². The van der Waals surface area contributed by atoms with E-state index in [9.17, 15) is 17.6 Å². The Kier molecular flexibility index (Phi) is 4.52. The molecule has 0 aromatic heterocycles. The molecule has 2 N–H and O–H groups in total. The van der Waals surface area contributed by atoms with Crippen LogP contribution >= 0.6 is 11.6 Å². The van der Waals surface area contributed by atoms with Gasteiger partial charge in [-0.05, 0) is 25.0 Å². The van der Waals surface area contributed by atoms with E-state index in [2.05, 4.69) is 4.72 Å². The highest BCUT2D eigenvalue weighted by molar-refractivity contribution is 7.89. The van der Waals surface area contributed by atoms with Crippen LogP contribution in [0.15, 0.2) is 17.0 Å². The van der Waals surface area contributed by atoms with Crippen LogP contribution < -0.4 is 4.72 Å². The molecule has 1 aromatic carbocycles. The Bertz CT molecular complexity index is 672. The topological polar surface area (TPSA) is 92.7 Å².